The van der Waals surface area contributed by atoms with Crippen LogP contribution in [0.25, 0.3) is 0 Å². The van der Waals surface area contributed by atoms with Gasteiger partial charge in [0.2, 0.25) is 0 Å². The zero-order valence-electron chi connectivity index (χ0n) is 8.94. The van der Waals surface area contributed by atoms with Crippen molar-refractivity contribution in [3.05, 3.63) is 36.4 Å². The highest BCUT2D eigenvalue weighted by Crippen LogP contribution is 2.15. The molecule has 2 rings (SSSR count). The molecule has 5 heteroatoms. The van der Waals surface area contributed by atoms with Crippen molar-refractivity contribution in [2.75, 3.05) is 7.05 Å². The number of H-pyrrole nitrogens is 2. The second-order valence-corrected chi connectivity index (χ2v) is 3.60. The van der Waals surface area contributed by atoms with E-state index in [1.165, 1.54) is 0 Å². The first kappa shape index (κ1) is 9.92. The molecule has 0 aliphatic carbocycles. The Kier molecular flexibility index (Phi) is 2.82. The van der Waals surface area contributed by atoms with Gasteiger partial charge in [-0.05, 0) is 14.0 Å². The molecule has 0 amide bonds. The summed E-state index contributed by atoms with van der Waals surface area (Å²) < 4.78 is 0. The van der Waals surface area contributed by atoms with Gasteiger partial charge < -0.3 is 9.97 Å². The van der Waals surface area contributed by atoms with Crippen LogP contribution < -0.4 is 0 Å². The van der Waals surface area contributed by atoms with E-state index in [0.29, 0.717) is 0 Å². The summed E-state index contributed by atoms with van der Waals surface area (Å²) in [4.78, 5) is 16.8. The van der Waals surface area contributed by atoms with E-state index in [0.717, 1.165) is 18.2 Å². The number of hydrogen-bond acceptors (Lipinski definition) is 3. The van der Waals surface area contributed by atoms with Crippen molar-refractivity contribution >= 4 is 0 Å². The summed E-state index contributed by atoms with van der Waals surface area (Å²) in [5, 5.41) is 0. The first-order valence-electron chi connectivity index (χ1n) is 4.95. The van der Waals surface area contributed by atoms with Crippen molar-refractivity contribution in [3.63, 3.8) is 0 Å². The van der Waals surface area contributed by atoms with Crippen LogP contribution in [0.15, 0.2) is 24.8 Å². The summed E-state index contributed by atoms with van der Waals surface area (Å²) in [6.07, 6.45) is 7.21. The fraction of sp³-hybridized carbons (Fsp3) is 0.400. The average molecular weight is 205 g/mol. The standard InChI is InChI=1S/C10H15N5/c1-8(10-13-5-6-14-10)15(2)7-9-11-3-4-12-9/h3-6,8H,7H2,1-2H3,(H,11,12)(H,13,14). The predicted octanol–water partition coefficient (Wildman–Crippen LogP) is 1.33. The van der Waals surface area contributed by atoms with E-state index >= 15 is 0 Å². The van der Waals surface area contributed by atoms with Crippen LogP contribution in [0, 0.1) is 0 Å². The number of nitrogens with one attached hydrogen (secondary N) is 2. The van der Waals surface area contributed by atoms with Crippen LogP contribution in [0.5, 0.6) is 0 Å². The van der Waals surface area contributed by atoms with Gasteiger partial charge in [-0.15, -0.1) is 0 Å². The zero-order chi connectivity index (χ0) is 10.7. The molecule has 0 saturated carbocycles. The van der Waals surface area contributed by atoms with Crippen LogP contribution in [0.4, 0.5) is 0 Å². The monoisotopic (exact) mass is 205 g/mol. The maximum Gasteiger partial charge on any atom is 0.123 e. The topological polar surface area (TPSA) is 60.6 Å². The Morgan fingerprint density at radius 1 is 1.27 bits per heavy atom. The molecule has 80 valence electrons. The van der Waals surface area contributed by atoms with Gasteiger partial charge in [-0.1, -0.05) is 0 Å². The molecule has 1 atom stereocenters. The number of nitrogens with zero attached hydrogens (tertiary/aromatic N) is 3. The molecule has 2 N–H and O–H groups in total. The number of rotatable bonds is 4. The molecule has 2 aromatic heterocycles. The third kappa shape index (κ3) is 2.24. The van der Waals surface area contributed by atoms with Gasteiger partial charge in [0, 0.05) is 24.8 Å². The van der Waals surface area contributed by atoms with Gasteiger partial charge in [0.25, 0.3) is 0 Å². The lowest BCUT2D eigenvalue weighted by atomic mass is 10.3. The van der Waals surface area contributed by atoms with Crippen molar-refractivity contribution in [2.24, 2.45) is 0 Å². The van der Waals surface area contributed by atoms with Crippen molar-refractivity contribution in [1.29, 1.82) is 0 Å². The Hall–Kier alpha value is -1.62. The third-order valence-corrected chi connectivity index (χ3v) is 2.53. The van der Waals surface area contributed by atoms with Crippen LogP contribution in [0.1, 0.15) is 24.6 Å². The van der Waals surface area contributed by atoms with Gasteiger partial charge in [0.05, 0.1) is 12.6 Å². The fourth-order valence-electron chi connectivity index (χ4n) is 1.47. The van der Waals surface area contributed by atoms with E-state index in [1.54, 1.807) is 12.4 Å². The lowest BCUT2D eigenvalue weighted by Crippen LogP contribution is -2.23. The molecular formula is C10H15N5. The van der Waals surface area contributed by atoms with E-state index in [4.69, 9.17) is 0 Å². The van der Waals surface area contributed by atoms with Crippen LogP contribution in [0.2, 0.25) is 0 Å². The molecule has 0 radical (unpaired) electrons. The highest BCUT2D eigenvalue weighted by atomic mass is 15.2. The van der Waals surface area contributed by atoms with Crippen molar-refractivity contribution in [3.8, 4) is 0 Å². The van der Waals surface area contributed by atoms with Gasteiger partial charge in [-0.25, -0.2) is 9.97 Å². The Morgan fingerprint density at radius 3 is 2.60 bits per heavy atom. The summed E-state index contributed by atoms with van der Waals surface area (Å²) in [7, 11) is 2.05. The van der Waals surface area contributed by atoms with E-state index < -0.39 is 0 Å². The summed E-state index contributed by atoms with van der Waals surface area (Å²) in [5.74, 6) is 1.94. The minimum absolute atomic E-state index is 0.255. The van der Waals surface area contributed by atoms with Crippen molar-refractivity contribution < 1.29 is 0 Å². The van der Waals surface area contributed by atoms with Gasteiger partial charge in [0.15, 0.2) is 0 Å². The summed E-state index contributed by atoms with van der Waals surface area (Å²) >= 11 is 0. The Labute approximate surface area is 88.6 Å². The van der Waals surface area contributed by atoms with Gasteiger partial charge >= 0.3 is 0 Å². The average Bonchev–Trinajstić information content (AvgIpc) is 2.88. The molecule has 0 spiro atoms. The van der Waals surface area contributed by atoms with Gasteiger partial charge in [-0.3, -0.25) is 4.90 Å². The molecule has 1 unspecified atom stereocenters. The molecule has 2 aromatic rings. The Balaban J connectivity index is 1.99. The van der Waals surface area contributed by atoms with E-state index in [9.17, 15) is 0 Å². The number of imidazole rings is 2. The molecule has 0 bridgehead atoms. The summed E-state index contributed by atoms with van der Waals surface area (Å²) in [6.45, 7) is 2.90. The smallest absolute Gasteiger partial charge is 0.123 e. The highest BCUT2D eigenvalue weighted by molar-refractivity contribution is 4.95. The normalized spacial score (nSPS) is 13.3. The maximum atomic E-state index is 4.24. The van der Waals surface area contributed by atoms with E-state index in [2.05, 4.69) is 38.8 Å². The minimum atomic E-state index is 0.255. The third-order valence-electron chi connectivity index (χ3n) is 2.53. The molecule has 0 aliphatic rings. The molecule has 0 fully saturated rings. The molecule has 0 aliphatic heterocycles. The van der Waals surface area contributed by atoms with Gasteiger partial charge in [-0.2, -0.15) is 0 Å². The Bertz CT molecular complexity index is 378. The molecule has 0 saturated heterocycles. The highest BCUT2D eigenvalue weighted by Gasteiger charge is 2.14. The van der Waals surface area contributed by atoms with Crippen LogP contribution in [-0.4, -0.2) is 31.9 Å². The SMILES string of the molecule is CC(c1ncc[nH]1)N(C)Cc1ncc[nH]1. The Morgan fingerprint density at radius 2 is 2.00 bits per heavy atom. The summed E-state index contributed by atoms with van der Waals surface area (Å²) in [6, 6.07) is 0.255. The lowest BCUT2D eigenvalue weighted by Gasteiger charge is -2.21. The quantitative estimate of drug-likeness (QED) is 0.791. The van der Waals surface area contributed by atoms with E-state index in [1.807, 2.05) is 12.4 Å². The van der Waals surface area contributed by atoms with Crippen LogP contribution >= 0.6 is 0 Å². The second kappa shape index (κ2) is 4.27. The molecule has 0 aromatic carbocycles. The minimum Gasteiger partial charge on any atom is -0.348 e. The number of aromatic nitrogens is 4. The van der Waals surface area contributed by atoms with Crippen LogP contribution in [-0.2, 0) is 6.54 Å². The van der Waals surface area contributed by atoms with Crippen molar-refractivity contribution in [1.82, 2.24) is 24.8 Å². The molecule has 5 nitrogen and oxygen atoms in total. The van der Waals surface area contributed by atoms with Gasteiger partial charge in [0.1, 0.15) is 11.6 Å². The maximum absolute atomic E-state index is 4.24. The largest absolute Gasteiger partial charge is 0.348 e. The first-order valence-corrected chi connectivity index (χ1v) is 4.95. The lowest BCUT2D eigenvalue weighted by molar-refractivity contribution is 0.239. The number of hydrogen-bond donors (Lipinski definition) is 2. The van der Waals surface area contributed by atoms with Crippen LogP contribution in [0.3, 0.4) is 0 Å². The zero-order valence-corrected chi connectivity index (χ0v) is 8.94. The first-order chi connectivity index (χ1) is 7.27. The van der Waals surface area contributed by atoms with Crippen molar-refractivity contribution in [2.45, 2.75) is 19.5 Å². The predicted molar refractivity (Wildman–Crippen MR) is 57.1 cm³/mol. The summed E-state index contributed by atoms with van der Waals surface area (Å²) in [5.41, 5.74) is 0. The second-order valence-electron chi connectivity index (χ2n) is 3.60. The van der Waals surface area contributed by atoms with E-state index in [-0.39, 0.29) is 6.04 Å². The molecule has 15 heavy (non-hydrogen) atoms. The molecular weight excluding hydrogens is 190 g/mol. The fourth-order valence-corrected chi connectivity index (χ4v) is 1.47. The number of aromatic amines is 2. The molecule has 2 heterocycles.